The summed E-state index contributed by atoms with van der Waals surface area (Å²) in [5.74, 6) is -0.0908. The molecule has 1 aromatic heterocycles. The molecule has 1 aliphatic rings. The summed E-state index contributed by atoms with van der Waals surface area (Å²) in [6.07, 6.45) is 2.79. The molecule has 2 aromatic rings. The number of hydrogen-bond acceptors (Lipinski definition) is 3. The van der Waals surface area contributed by atoms with Gasteiger partial charge in [-0.3, -0.25) is 14.6 Å². The molecule has 1 saturated heterocycles. The van der Waals surface area contributed by atoms with Crippen LogP contribution in [0.25, 0.3) is 10.9 Å². The van der Waals surface area contributed by atoms with Crippen LogP contribution >= 0.6 is 0 Å². The lowest BCUT2D eigenvalue weighted by molar-refractivity contribution is -0.125. The van der Waals surface area contributed by atoms with Gasteiger partial charge in [-0.05, 0) is 36.5 Å². The van der Waals surface area contributed by atoms with Crippen LogP contribution in [0.1, 0.15) is 49.5 Å². The number of carbonyl (C=O) groups excluding carboxylic acids is 2. The highest BCUT2D eigenvalue weighted by molar-refractivity contribution is 6.06. The maximum atomic E-state index is 12.9. The molecule has 2 atom stereocenters. The van der Waals surface area contributed by atoms with E-state index in [4.69, 9.17) is 0 Å². The summed E-state index contributed by atoms with van der Waals surface area (Å²) in [6.45, 7) is 8.24. The predicted molar refractivity (Wildman–Crippen MR) is 98.4 cm³/mol. The van der Waals surface area contributed by atoms with Crippen molar-refractivity contribution in [2.45, 2.75) is 52.6 Å². The molecule has 25 heavy (non-hydrogen) atoms. The molecule has 5 heteroatoms. The Morgan fingerprint density at radius 3 is 2.76 bits per heavy atom. The SMILES string of the molecule is Cc1ccc(C(=O)N[C@@H]2CCC(=O)N[C@H]2C(C)(C)C)c2ncccc12. The molecule has 5 nitrogen and oxygen atoms in total. The molecule has 2 heterocycles. The van der Waals surface area contributed by atoms with E-state index in [1.807, 2.05) is 31.2 Å². The summed E-state index contributed by atoms with van der Waals surface area (Å²) in [5, 5.41) is 7.16. The van der Waals surface area contributed by atoms with Crippen molar-refractivity contribution in [1.82, 2.24) is 15.6 Å². The van der Waals surface area contributed by atoms with Crippen LogP contribution in [-0.2, 0) is 4.79 Å². The number of nitrogens with one attached hydrogen (secondary N) is 2. The van der Waals surface area contributed by atoms with Crippen molar-refractivity contribution >= 4 is 22.7 Å². The quantitative estimate of drug-likeness (QED) is 0.884. The van der Waals surface area contributed by atoms with Gasteiger partial charge in [-0.2, -0.15) is 0 Å². The fourth-order valence-electron chi connectivity index (χ4n) is 3.52. The van der Waals surface area contributed by atoms with E-state index in [2.05, 4.69) is 36.4 Å². The van der Waals surface area contributed by atoms with E-state index in [1.54, 1.807) is 6.20 Å². The molecule has 0 saturated carbocycles. The van der Waals surface area contributed by atoms with E-state index in [9.17, 15) is 9.59 Å². The first kappa shape index (κ1) is 17.4. The maximum Gasteiger partial charge on any atom is 0.253 e. The highest BCUT2D eigenvalue weighted by atomic mass is 16.2. The lowest BCUT2D eigenvalue weighted by Crippen LogP contribution is -2.60. The fraction of sp³-hybridized carbons (Fsp3) is 0.450. The minimum atomic E-state index is -0.140. The van der Waals surface area contributed by atoms with Crippen LogP contribution in [0.5, 0.6) is 0 Å². The van der Waals surface area contributed by atoms with Gasteiger partial charge < -0.3 is 10.6 Å². The fourth-order valence-corrected chi connectivity index (χ4v) is 3.52. The highest BCUT2D eigenvalue weighted by Crippen LogP contribution is 2.27. The topological polar surface area (TPSA) is 71.1 Å². The van der Waals surface area contributed by atoms with Gasteiger partial charge in [0.2, 0.25) is 5.91 Å². The number of pyridine rings is 1. The molecule has 2 amide bonds. The molecule has 0 bridgehead atoms. The summed E-state index contributed by atoms with van der Waals surface area (Å²) in [5.41, 5.74) is 2.25. The highest BCUT2D eigenvalue weighted by Gasteiger charge is 2.37. The summed E-state index contributed by atoms with van der Waals surface area (Å²) < 4.78 is 0. The third-order valence-electron chi connectivity index (χ3n) is 4.88. The van der Waals surface area contributed by atoms with Crippen LogP contribution in [-0.4, -0.2) is 28.9 Å². The second-order valence-electron chi connectivity index (χ2n) is 7.86. The van der Waals surface area contributed by atoms with Crippen LogP contribution in [0.2, 0.25) is 0 Å². The Hall–Kier alpha value is -2.43. The first-order valence-corrected chi connectivity index (χ1v) is 8.72. The number of amides is 2. The zero-order valence-electron chi connectivity index (χ0n) is 15.2. The maximum absolute atomic E-state index is 12.9. The van der Waals surface area contributed by atoms with Gasteiger partial charge in [-0.25, -0.2) is 0 Å². The van der Waals surface area contributed by atoms with Crippen molar-refractivity contribution in [1.29, 1.82) is 0 Å². The Balaban J connectivity index is 1.89. The van der Waals surface area contributed by atoms with Crippen molar-refractivity contribution in [2.75, 3.05) is 0 Å². The van der Waals surface area contributed by atoms with Crippen LogP contribution < -0.4 is 10.6 Å². The van der Waals surface area contributed by atoms with Gasteiger partial charge in [0.15, 0.2) is 0 Å². The minimum Gasteiger partial charge on any atom is -0.351 e. The summed E-state index contributed by atoms with van der Waals surface area (Å²) in [4.78, 5) is 29.1. The molecule has 0 radical (unpaired) electrons. The van der Waals surface area contributed by atoms with Gasteiger partial charge in [0.25, 0.3) is 5.91 Å². The summed E-state index contributed by atoms with van der Waals surface area (Å²) >= 11 is 0. The molecule has 1 fully saturated rings. The van der Waals surface area contributed by atoms with Gasteiger partial charge in [0.05, 0.1) is 23.2 Å². The second kappa shape index (κ2) is 6.47. The Kier molecular flexibility index (Phi) is 4.50. The Bertz CT molecular complexity index is 823. The van der Waals surface area contributed by atoms with Crippen molar-refractivity contribution in [3.63, 3.8) is 0 Å². The molecule has 3 rings (SSSR count). The molecule has 1 aliphatic heterocycles. The number of piperidine rings is 1. The van der Waals surface area contributed by atoms with Gasteiger partial charge in [-0.15, -0.1) is 0 Å². The number of benzene rings is 1. The Labute approximate surface area is 148 Å². The summed E-state index contributed by atoms with van der Waals surface area (Å²) in [7, 11) is 0. The standard InChI is InChI=1S/C20H25N3O2/c1-12-7-8-14(17-13(12)6-5-11-21-17)19(25)22-15-9-10-16(24)23-18(15)20(2,3)4/h5-8,11,15,18H,9-10H2,1-4H3,(H,22,25)(H,23,24)/t15-,18-/m1/s1. The number of nitrogens with zero attached hydrogens (tertiary/aromatic N) is 1. The second-order valence-corrected chi connectivity index (χ2v) is 7.86. The van der Waals surface area contributed by atoms with Gasteiger partial charge >= 0.3 is 0 Å². The van der Waals surface area contributed by atoms with Gasteiger partial charge in [0.1, 0.15) is 0 Å². The first-order chi connectivity index (χ1) is 11.8. The molecular formula is C20H25N3O2. The molecule has 0 unspecified atom stereocenters. The van der Waals surface area contributed by atoms with E-state index in [0.29, 0.717) is 23.9 Å². The average molecular weight is 339 g/mol. The zero-order valence-corrected chi connectivity index (χ0v) is 15.2. The van der Waals surface area contributed by atoms with Crippen molar-refractivity contribution < 1.29 is 9.59 Å². The predicted octanol–water partition coefficient (Wildman–Crippen LogP) is 2.97. The molecule has 1 aromatic carbocycles. The molecular weight excluding hydrogens is 314 g/mol. The Morgan fingerprint density at radius 1 is 1.28 bits per heavy atom. The lowest BCUT2D eigenvalue weighted by Gasteiger charge is -2.41. The normalized spacial score (nSPS) is 21.0. The van der Waals surface area contributed by atoms with Gasteiger partial charge in [-0.1, -0.05) is 32.9 Å². The minimum absolute atomic E-state index is 0.0490. The number of rotatable bonds is 2. The van der Waals surface area contributed by atoms with E-state index in [0.717, 1.165) is 10.9 Å². The molecule has 0 aliphatic carbocycles. The Morgan fingerprint density at radius 2 is 2.04 bits per heavy atom. The van der Waals surface area contributed by atoms with E-state index in [-0.39, 0.29) is 29.3 Å². The number of aryl methyl sites for hydroxylation is 1. The van der Waals surface area contributed by atoms with Crippen LogP contribution in [0.15, 0.2) is 30.5 Å². The van der Waals surface area contributed by atoms with Crippen molar-refractivity contribution in [3.05, 3.63) is 41.6 Å². The number of hydrogen-bond donors (Lipinski definition) is 2. The van der Waals surface area contributed by atoms with E-state index < -0.39 is 0 Å². The van der Waals surface area contributed by atoms with Crippen LogP contribution in [0.3, 0.4) is 0 Å². The van der Waals surface area contributed by atoms with Gasteiger partial charge in [0, 0.05) is 18.0 Å². The number of aromatic nitrogens is 1. The van der Waals surface area contributed by atoms with Crippen molar-refractivity contribution in [3.8, 4) is 0 Å². The van der Waals surface area contributed by atoms with E-state index >= 15 is 0 Å². The third kappa shape index (κ3) is 3.50. The summed E-state index contributed by atoms with van der Waals surface area (Å²) in [6, 6.07) is 7.44. The number of fused-ring (bicyclic) bond motifs is 1. The lowest BCUT2D eigenvalue weighted by atomic mass is 9.78. The van der Waals surface area contributed by atoms with Crippen LogP contribution in [0, 0.1) is 12.3 Å². The van der Waals surface area contributed by atoms with Crippen LogP contribution in [0.4, 0.5) is 0 Å². The number of carbonyl (C=O) groups is 2. The molecule has 2 N–H and O–H groups in total. The molecule has 0 spiro atoms. The zero-order chi connectivity index (χ0) is 18.2. The largest absolute Gasteiger partial charge is 0.351 e. The smallest absolute Gasteiger partial charge is 0.253 e. The monoisotopic (exact) mass is 339 g/mol. The first-order valence-electron chi connectivity index (χ1n) is 8.72. The van der Waals surface area contributed by atoms with Crippen molar-refractivity contribution in [2.24, 2.45) is 5.41 Å². The average Bonchev–Trinajstić information content (AvgIpc) is 2.56. The molecule has 132 valence electrons. The third-order valence-corrected chi connectivity index (χ3v) is 4.88. The van der Waals surface area contributed by atoms with E-state index in [1.165, 1.54) is 0 Å².